The van der Waals surface area contributed by atoms with Gasteiger partial charge in [-0.2, -0.15) is 13.2 Å². The molecule has 0 radical (unpaired) electrons. The van der Waals surface area contributed by atoms with E-state index in [1.54, 1.807) is 29.6 Å². The summed E-state index contributed by atoms with van der Waals surface area (Å²) < 4.78 is 41.0. The van der Waals surface area contributed by atoms with E-state index < -0.39 is 18.6 Å². The molecule has 1 N–H and O–H groups in total. The van der Waals surface area contributed by atoms with Gasteiger partial charge in [0, 0.05) is 5.56 Å². The third-order valence-corrected chi connectivity index (χ3v) is 3.06. The predicted octanol–water partition coefficient (Wildman–Crippen LogP) is 2.51. The van der Waals surface area contributed by atoms with Crippen molar-refractivity contribution in [3.63, 3.8) is 0 Å². The minimum atomic E-state index is -4.43. The first-order chi connectivity index (χ1) is 9.94. The Hall–Kier alpha value is -2.03. The molecule has 1 heterocycles. The van der Waals surface area contributed by atoms with E-state index in [9.17, 15) is 18.0 Å². The van der Waals surface area contributed by atoms with Crippen molar-refractivity contribution >= 4 is 17.7 Å². The Labute approximate surface area is 121 Å². The second-order valence-electron chi connectivity index (χ2n) is 3.92. The van der Waals surface area contributed by atoms with E-state index in [0.29, 0.717) is 0 Å². The highest BCUT2D eigenvalue weighted by molar-refractivity contribution is 7.99. The van der Waals surface area contributed by atoms with Crippen molar-refractivity contribution in [2.45, 2.75) is 11.4 Å². The van der Waals surface area contributed by atoms with Crippen molar-refractivity contribution in [2.75, 3.05) is 12.3 Å². The quantitative estimate of drug-likeness (QED) is 0.858. The summed E-state index contributed by atoms with van der Waals surface area (Å²) in [6.07, 6.45) is -4.43. The number of halogens is 3. The standard InChI is InChI=1S/C12H10F3N3O2S/c13-12(14,15)7-16-9(19)6-21-11-18-17-10(20-11)8-4-2-1-3-5-8/h1-5H,6-7H2,(H,16,19). The Morgan fingerprint density at radius 1 is 1.24 bits per heavy atom. The fourth-order valence-corrected chi connectivity index (χ4v) is 1.94. The lowest BCUT2D eigenvalue weighted by Gasteiger charge is -2.06. The number of hydrogen-bond donors (Lipinski definition) is 1. The van der Waals surface area contributed by atoms with Gasteiger partial charge in [-0.3, -0.25) is 4.79 Å². The number of thioether (sulfide) groups is 1. The normalized spacial score (nSPS) is 11.4. The van der Waals surface area contributed by atoms with Crippen LogP contribution in [-0.4, -0.2) is 34.6 Å². The molecule has 1 aromatic carbocycles. The van der Waals surface area contributed by atoms with Crippen LogP contribution in [0.2, 0.25) is 0 Å². The highest BCUT2D eigenvalue weighted by atomic mass is 32.2. The molecule has 112 valence electrons. The fraction of sp³-hybridized carbons (Fsp3) is 0.250. The van der Waals surface area contributed by atoms with Gasteiger partial charge in [-0.1, -0.05) is 30.0 Å². The van der Waals surface area contributed by atoms with E-state index in [4.69, 9.17) is 4.42 Å². The molecule has 0 saturated carbocycles. The summed E-state index contributed by atoms with van der Waals surface area (Å²) in [5.41, 5.74) is 0.721. The van der Waals surface area contributed by atoms with Crippen molar-refractivity contribution in [2.24, 2.45) is 0 Å². The second kappa shape index (κ2) is 6.61. The summed E-state index contributed by atoms with van der Waals surface area (Å²) in [4.78, 5) is 11.2. The Morgan fingerprint density at radius 3 is 2.62 bits per heavy atom. The van der Waals surface area contributed by atoms with Crippen LogP contribution in [0.1, 0.15) is 0 Å². The highest BCUT2D eigenvalue weighted by Crippen LogP contribution is 2.22. The van der Waals surface area contributed by atoms with E-state index in [2.05, 4.69) is 10.2 Å². The van der Waals surface area contributed by atoms with Gasteiger partial charge in [0.25, 0.3) is 5.22 Å². The average Bonchev–Trinajstić information content (AvgIpc) is 2.92. The minimum Gasteiger partial charge on any atom is -0.411 e. The number of benzene rings is 1. The second-order valence-corrected chi connectivity index (χ2v) is 4.85. The zero-order valence-corrected chi connectivity index (χ0v) is 11.4. The molecule has 9 heteroatoms. The lowest BCUT2D eigenvalue weighted by Crippen LogP contribution is -2.34. The molecule has 1 amide bonds. The SMILES string of the molecule is O=C(CSc1nnc(-c2ccccc2)o1)NCC(F)(F)F. The molecule has 0 aliphatic rings. The third-order valence-electron chi connectivity index (χ3n) is 2.24. The van der Waals surface area contributed by atoms with Gasteiger partial charge in [0.1, 0.15) is 6.54 Å². The number of alkyl halides is 3. The van der Waals surface area contributed by atoms with Crippen LogP contribution in [0.5, 0.6) is 0 Å². The molecule has 0 bridgehead atoms. The van der Waals surface area contributed by atoms with Crippen molar-refractivity contribution < 1.29 is 22.4 Å². The first-order valence-corrected chi connectivity index (χ1v) is 6.78. The number of carbonyl (C=O) groups is 1. The van der Waals surface area contributed by atoms with Crippen molar-refractivity contribution in [3.8, 4) is 11.5 Å². The Morgan fingerprint density at radius 2 is 1.95 bits per heavy atom. The Bertz CT molecular complexity index is 601. The van der Waals surface area contributed by atoms with Crippen LogP contribution in [0, 0.1) is 0 Å². The maximum absolute atomic E-state index is 11.9. The van der Waals surface area contributed by atoms with E-state index in [0.717, 1.165) is 17.3 Å². The summed E-state index contributed by atoms with van der Waals surface area (Å²) >= 11 is 0.875. The average molecular weight is 317 g/mol. The summed E-state index contributed by atoms with van der Waals surface area (Å²) in [7, 11) is 0. The molecule has 1 aromatic heterocycles. The smallest absolute Gasteiger partial charge is 0.405 e. The van der Waals surface area contributed by atoms with Crippen LogP contribution in [0.4, 0.5) is 13.2 Å². The number of aromatic nitrogens is 2. The molecule has 0 fully saturated rings. The van der Waals surface area contributed by atoms with Gasteiger partial charge in [0.05, 0.1) is 5.75 Å². The van der Waals surface area contributed by atoms with Crippen LogP contribution in [0.3, 0.4) is 0 Å². The van der Waals surface area contributed by atoms with Crippen molar-refractivity contribution in [1.29, 1.82) is 0 Å². The number of hydrogen-bond acceptors (Lipinski definition) is 5. The Kier molecular flexibility index (Phi) is 4.84. The van der Waals surface area contributed by atoms with E-state index in [-0.39, 0.29) is 16.9 Å². The number of nitrogens with one attached hydrogen (secondary N) is 1. The van der Waals surface area contributed by atoms with Crippen LogP contribution in [-0.2, 0) is 4.79 Å². The van der Waals surface area contributed by atoms with Crippen LogP contribution >= 0.6 is 11.8 Å². The van der Waals surface area contributed by atoms with Gasteiger partial charge in [0.2, 0.25) is 11.8 Å². The molecule has 0 atom stereocenters. The maximum Gasteiger partial charge on any atom is 0.405 e. The zero-order chi connectivity index (χ0) is 15.3. The van der Waals surface area contributed by atoms with Gasteiger partial charge >= 0.3 is 6.18 Å². The third kappa shape index (κ3) is 5.10. The lowest BCUT2D eigenvalue weighted by molar-refractivity contribution is -0.136. The van der Waals surface area contributed by atoms with Gasteiger partial charge in [0.15, 0.2) is 0 Å². The molecule has 0 aliphatic carbocycles. The van der Waals surface area contributed by atoms with Gasteiger partial charge in [-0.15, -0.1) is 10.2 Å². The number of rotatable bonds is 5. The molecule has 5 nitrogen and oxygen atoms in total. The van der Waals surface area contributed by atoms with Crippen LogP contribution in [0.25, 0.3) is 11.5 Å². The molecule has 21 heavy (non-hydrogen) atoms. The minimum absolute atomic E-state index is 0.121. The van der Waals surface area contributed by atoms with Gasteiger partial charge < -0.3 is 9.73 Å². The zero-order valence-electron chi connectivity index (χ0n) is 10.6. The van der Waals surface area contributed by atoms with E-state index in [1.165, 1.54) is 0 Å². The summed E-state index contributed by atoms with van der Waals surface area (Å²) in [6.45, 7) is -1.36. The van der Waals surface area contributed by atoms with Crippen molar-refractivity contribution in [3.05, 3.63) is 30.3 Å². The molecule has 2 rings (SSSR count). The molecular formula is C12H10F3N3O2S. The Balaban J connectivity index is 1.85. The molecule has 0 saturated heterocycles. The van der Waals surface area contributed by atoms with E-state index >= 15 is 0 Å². The first-order valence-electron chi connectivity index (χ1n) is 5.79. The van der Waals surface area contributed by atoms with Crippen LogP contribution < -0.4 is 5.32 Å². The van der Waals surface area contributed by atoms with Crippen molar-refractivity contribution in [1.82, 2.24) is 15.5 Å². The first kappa shape index (κ1) is 15.4. The summed E-state index contributed by atoms with van der Waals surface area (Å²) in [6, 6.07) is 8.99. The van der Waals surface area contributed by atoms with Crippen LogP contribution in [0.15, 0.2) is 40.0 Å². The molecular weight excluding hydrogens is 307 g/mol. The molecule has 0 spiro atoms. The molecule has 0 unspecified atom stereocenters. The lowest BCUT2D eigenvalue weighted by atomic mass is 10.2. The highest BCUT2D eigenvalue weighted by Gasteiger charge is 2.27. The summed E-state index contributed by atoms with van der Waals surface area (Å²) in [5, 5.41) is 9.40. The largest absolute Gasteiger partial charge is 0.411 e. The fourth-order valence-electron chi connectivity index (χ4n) is 1.34. The number of nitrogens with zero attached hydrogens (tertiary/aromatic N) is 2. The van der Waals surface area contributed by atoms with Gasteiger partial charge in [-0.05, 0) is 12.1 Å². The summed E-state index contributed by atoms with van der Waals surface area (Å²) in [5.74, 6) is -0.697. The molecule has 0 aliphatic heterocycles. The molecule has 2 aromatic rings. The predicted molar refractivity (Wildman–Crippen MR) is 69.5 cm³/mol. The number of amides is 1. The van der Waals surface area contributed by atoms with Gasteiger partial charge in [-0.25, -0.2) is 0 Å². The van der Waals surface area contributed by atoms with E-state index in [1.807, 2.05) is 6.07 Å². The topological polar surface area (TPSA) is 68.0 Å². The number of carbonyl (C=O) groups excluding carboxylic acids is 1. The monoisotopic (exact) mass is 317 g/mol. The maximum atomic E-state index is 11.9.